The van der Waals surface area contributed by atoms with Crippen LogP contribution >= 0.6 is 0 Å². The van der Waals surface area contributed by atoms with Crippen LogP contribution in [0.25, 0.3) is 0 Å². The number of pyridine rings is 1. The van der Waals surface area contributed by atoms with Gasteiger partial charge in [0.15, 0.2) is 5.82 Å². The highest BCUT2D eigenvalue weighted by Gasteiger charge is 2.27. The summed E-state index contributed by atoms with van der Waals surface area (Å²) in [6.45, 7) is 4.85. The zero-order valence-corrected chi connectivity index (χ0v) is 17.9. The number of aromatic nitrogens is 1. The van der Waals surface area contributed by atoms with Gasteiger partial charge in [-0.2, -0.15) is 13.4 Å². The first-order valence-corrected chi connectivity index (χ1v) is 10.5. The Bertz CT molecular complexity index is 1320. The first-order chi connectivity index (χ1) is 14.9. The second kappa shape index (κ2) is 8.50. The average molecular weight is 466 g/mol. The number of carboxylic acid groups (broad SMARTS) is 1. The molecule has 0 spiro atoms. The third-order valence-electron chi connectivity index (χ3n) is 4.40. The van der Waals surface area contributed by atoms with Gasteiger partial charge in [0.2, 0.25) is 0 Å². The number of aryl methyl sites for hydroxylation is 3. The van der Waals surface area contributed by atoms with E-state index in [1.807, 2.05) is 0 Å². The topological polar surface area (TPSA) is 106 Å². The lowest BCUT2D eigenvalue weighted by Gasteiger charge is -2.15. The molecule has 0 unspecified atom stereocenters. The highest BCUT2D eigenvalue weighted by molar-refractivity contribution is 7.87. The van der Waals surface area contributed by atoms with Crippen molar-refractivity contribution in [3.05, 3.63) is 76.1 Å². The molecule has 0 atom stereocenters. The molecule has 0 radical (unpaired) electrons. The molecule has 168 valence electrons. The first kappa shape index (κ1) is 23.1. The van der Waals surface area contributed by atoms with Gasteiger partial charge in [0, 0.05) is 6.07 Å². The molecule has 1 aromatic heterocycles. The molecule has 32 heavy (non-hydrogen) atoms. The van der Waals surface area contributed by atoms with Crippen LogP contribution in [-0.2, 0) is 10.1 Å². The fourth-order valence-electron chi connectivity index (χ4n) is 3.21. The Morgan fingerprint density at radius 2 is 1.62 bits per heavy atom. The summed E-state index contributed by atoms with van der Waals surface area (Å²) < 4.78 is 72.1. The molecule has 0 fully saturated rings. The third kappa shape index (κ3) is 4.67. The molecule has 11 heteroatoms. The van der Waals surface area contributed by atoms with Gasteiger partial charge < -0.3 is 14.6 Å². The van der Waals surface area contributed by atoms with E-state index < -0.39 is 50.8 Å². The van der Waals surface area contributed by atoms with Crippen molar-refractivity contribution in [1.82, 2.24) is 4.98 Å². The van der Waals surface area contributed by atoms with Gasteiger partial charge in [0.25, 0.3) is 5.88 Å². The highest BCUT2D eigenvalue weighted by Crippen LogP contribution is 2.30. The van der Waals surface area contributed by atoms with Crippen LogP contribution in [0.1, 0.15) is 27.0 Å². The van der Waals surface area contributed by atoms with Crippen molar-refractivity contribution in [2.24, 2.45) is 0 Å². The standard InChI is InChI=1S/C21H17F3N2O5S/c1-10-6-11(2)18(12(3)7-10)32(29,30)31-20-16(24)9-14(21(27)28)19(26-20)25-17-5-4-13(22)8-15(17)23/h4-9H,1-3H3,(H,25,26)(H,27,28). The van der Waals surface area contributed by atoms with Gasteiger partial charge in [0.05, 0.1) is 5.69 Å². The van der Waals surface area contributed by atoms with Crippen LogP contribution in [0.4, 0.5) is 24.7 Å². The number of aromatic carboxylic acids is 1. The van der Waals surface area contributed by atoms with E-state index in [-0.39, 0.29) is 10.6 Å². The fourth-order valence-corrected chi connectivity index (χ4v) is 4.53. The van der Waals surface area contributed by atoms with Gasteiger partial charge in [-0.15, -0.1) is 0 Å². The van der Waals surface area contributed by atoms with Crippen LogP contribution in [0.15, 0.2) is 41.3 Å². The van der Waals surface area contributed by atoms with E-state index in [1.165, 1.54) is 13.8 Å². The van der Waals surface area contributed by atoms with Gasteiger partial charge in [-0.05, 0) is 50.1 Å². The maximum absolute atomic E-state index is 14.5. The molecule has 0 aliphatic heterocycles. The summed E-state index contributed by atoms with van der Waals surface area (Å²) in [6.07, 6.45) is 0. The predicted molar refractivity (Wildman–Crippen MR) is 109 cm³/mol. The third-order valence-corrected chi connectivity index (χ3v) is 5.92. The minimum atomic E-state index is -4.55. The average Bonchev–Trinajstić information content (AvgIpc) is 2.64. The summed E-state index contributed by atoms with van der Waals surface area (Å²) in [7, 11) is -4.55. The highest BCUT2D eigenvalue weighted by atomic mass is 32.2. The fraction of sp³-hybridized carbons (Fsp3) is 0.143. The normalized spacial score (nSPS) is 11.3. The van der Waals surface area contributed by atoms with E-state index in [1.54, 1.807) is 19.1 Å². The summed E-state index contributed by atoms with van der Waals surface area (Å²) in [4.78, 5) is 14.9. The predicted octanol–water partition coefficient (Wildman–Crippen LogP) is 4.63. The Morgan fingerprint density at radius 1 is 1.00 bits per heavy atom. The van der Waals surface area contributed by atoms with Crippen LogP contribution in [0.3, 0.4) is 0 Å². The van der Waals surface area contributed by atoms with Gasteiger partial charge in [0.1, 0.15) is 27.9 Å². The molecule has 0 aliphatic carbocycles. The van der Waals surface area contributed by atoms with Crippen molar-refractivity contribution >= 4 is 27.6 Å². The number of nitrogens with zero attached hydrogens (tertiary/aromatic N) is 1. The lowest BCUT2D eigenvalue weighted by atomic mass is 10.1. The monoisotopic (exact) mass is 466 g/mol. The van der Waals surface area contributed by atoms with E-state index in [0.29, 0.717) is 23.3 Å². The Kier molecular flexibility index (Phi) is 6.13. The summed E-state index contributed by atoms with van der Waals surface area (Å²) in [6, 6.07) is 6.10. The van der Waals surface area contributed by atoms with Crippen molar-refractivity contribution < 1.29 is 35.7 Å². The van der Waals surface area contributed by atoms with Crippen molar-refractivity contribution in [2.45, 2.75) is 25.7 Å². The van der Waals surface area contributed by atoms with Crippen molar-refractivity contribution in [1.29, 1.82) is 0 Å². The number of carbonyl (C=O) groups is 1. The molecular formula is C21H17F3N2O5S. The number of hydrogen-bond donors (Lipinski definition) is 2. The molecule has 0 saturated carbocycles. The summed E-state index contributed by atoms with van der Waals surface area (Å²) >= 11 is 0. The zero-order valence-electron chi connectivity index (χ0n) is 17.0. The molecule has 3 rings (SSSR count). The first-order valence-electron chi connectivity index (χ1n) is 9.07. The Hall–Kier alpha value is -3.60. The molecule has 0 saturated heterocycles. The van der Waals surface area contributed by atoms with E-state index in [2.05, 4.69) is 10.3 Å². The molecule has 3 aromatic rings. The molecule has 0 bridgehead atoms. The molecule has 7 nitrogen and oxygen atoms in total. The second-order valence-corrected chi connectivity index (χ2v) is 8.47. The number of nitrogens with one attached hydrogen (secondary N) is 1. The summed E-state index contributed by atoms with van der Waals surface area (Å²) in [5.74, 6) is -6.59. The smallest absolute Gasteiger partial charge is 0.341 e. The number of anilines is 2. The van der Waals surface area contributed by atoms with E-state index in [0.717, 1.165) is 17.7 Å². The quantitative estimate of drug-likeness (QED) is 0.510. The second-order valence-electron chi connectivity index (χ2n) is 6.99. The minimum absolute atomic E-state index is 0.189. The number of benzene rings is 2. The summed E-state index contributed by atoms with van der Waals surface area (Å²) in [5.41, 5.74) is 0.432. The lowest BCUT2D eigenvalue weighted by Crippen LogP contribution is -2.16. The van der Waals surface area contributed by atoms with Gasteiger partial charge in [-0.1, -0.05) is 17.7 Å². The maximum Gasteiger partial charge on any atom is 0.341 e. The summed E-state index contributed by atoms with van der Waals surface area (Å²) in [5, 5.41) is 11.6. The Balaban J connectivity index is 2.08. The lowest BCUT2D eigenvalue weighted by molar-refractivity contribution is 0.0697. The Labute approximate surface area is 181 Å². The van der Waals surface area contributed by atoms with Crippen molar-refractivity contribution in [3.63, 3.8) is 0 Å². The van der Waals surface area contributed by atoms with E-state index in [9.17, 15) is 31.5 Å². The zero-order chi connectivity index (χ0) is 23.8. The molecule has 0 amide bonds. The van der Waals surface area contributed by atoms with E-state index >= 15 is 0 Å². The van der Waals surface area contributed by atoms with Crippen LogP contribution < -0.4 is 9.50 Å². The number of halogens is 3. The van der Waals surface area contributed by atoms with Gasteiger partial charge >= 0.3 is 16.1 Å². The minimum Gasteiger partial charge on any atom is -0.478 e. The molecule has 1 heterocycles. The van der Waals surface area contributed by atoms with Crippen LogP contribution in [0.5, 0.6) is 5.88 Å². The Morgan fingerprint density at radius 3 is 2.19 bits per heavy atom. The largest absolute Gasteiger partial charge is 0.478 e. The van der Waals surface area contributed by atoms with Crippen LogP contribution in [-0.4, -0.2) is 24.5 Å². The van der Waals surface area contributed by atoms with E-state index in [4.69, 9.17) is 4.18 Å². The molecular weight excluding hydrogens is 449 g/mol. The van der Waals surface area contributed by atoms with Crippen LogP contribution in [0.2, 0.25) is 0 Å². The molecule has 2 N–H and O–H groups in total. The van der Waals surface area contributed by atoms with Crippen molar-refractivity contribution in [2.75, 3.05) is 5.32 Å². The van der Waals surface area contributed by atoms with Gasteiger partial charge in [-0.3, -0.25) is 0 Å². The number of carboxylic acids is 1. The number of rotatable bonds is 6. The maximum atomic E-state index is 14.5. The van der Waals surface area contributed by atoms with Crippen molar-refractivity contribution in [3.8, 4) is 5.88 Å². The van der Waals surface area contributed by atoms with Gasteiger partial charge in [-0.25, -0.2) is 18.0 Å². The SMILES string of the molecule is Cc1cc(C)c(S(=O)(=O)Oc2nc(Nc3ccc(F)cc3F)c(C(=O)O)cc2F)c(C)c1. The molecule has 0 aliphatic rings. The number of hydrogen-bond acceptors (Lipinski definition) is 6. The van der Waals surface area contributed by atoms with Crippen LogP contribution in [0, 0.1) is 38.2 Å². The molecule has 2 aromatic carbocycles.